The molecule has 1 heterocycles. The van der Waals surface area contributed by atoms with E-state index in [9.17, 15) is 26.5 Å². The molecule has 1 aliphatic heterocycles. The first-order chi connectivity index (χ1) is 11.7. The van der Waals surface area contributed by atoms with Crippen LogP contribution in [0, 0.1) is 0 Å². The molecule has 2 aromatic carbocycles. The number of rotatable bonds is 6. The first kappa shape index (κ1) is 17.5. The van der Waals surface area contributed by atoms with Crippen molar-refractivity contribution in [3.05, 3.63) is 42.0 Å². The number of hydrogen-bond donors (Lipinski definition) is 0. The largest absolute Gasteiger partial charge is 0.743 e. The van der Waals surface area contributed by atoms with Gasteiger partial charge in [0.1, 0.15) is 11.9 Å². The van der Waals surface area contributed by atoms with E-state index in [1.54, 1.807) is 12.1 Å². The molecule has 1 fully saturated rings. The van der Waals surface area contributed by atoms with Crippen molar-refractivity contribution in [2.45, 2.75) is 11.4 Å². The minimum atomic E-state index is -6.16. The number of hydrogen-bond acceptors (Lipinski definition) is 7. The van der Waals surface area contributed by atoms with E-state index in [-0.39, 0.29) is 11.9 Å². The summed E-state index contributed by atoms with van der Waals surface area (Å²) in [6.45, 7) is -0.286. The van der Waals surface area contributed by atoms with Crippen LogP contribution < -0.4 is 4.74 Å². The lowest BCUT2D eigenvalue weighted by molar-refractivity contribution is -0.168. The number of carbonyl (C=O) groups is 1. The van der Waals surface area contributed by atoms with Crippen LogP contribution in [0.25, 0.3) is 10.8 Å². The number of alkyl halides is 2. The minimum Gasteiger partial charge on any atom is -0.743 e. The van der Waals surface area contributed by atoms with Crippen LogP contribution in [0.5, 0.6) is 5.75 Å². The quantitative estimate of drug-likeness (QED) is 0.330. The van der Waals surface area contributed by atoms with E-state index >= 15 is 0 Å². The first-order valence-electron chi connectivity index (χ1n) is 6.97. The molecule has 1 atom stereocenters. The summed E-state index contributed by atoms with van der Waals surface area (Å²) in [5.41, 5.74) is 1.04. The lowest BCUT2D eigenvalue weighted by Gasteiger charge is -2.18. The van der Waals surface area contributed by atoms with Crippen molar-refractivity contribution >= 4 is 26.9 Å². The molecule has 0 radical (unpaired) electrons. The number of carbonyl (C=O) groups excluding carboxylic acids is 1. The van der Waals surface area contributed by atoms with Gasteiger partial charge in [-0.1, -0.05) is 18.2 Å². The molecule has 10 heteroatoms. The second-order valence-corrected chi connectivity index (χ2v) is 6.68. The molecule has 7 nitrogen and oxygen atoms in total. The van der Waals surface area contributed by atoms with Gasteiger partial charge in [-0.2, -0.15) is 8.78 Å². The minimum absolute atomic E-state index is 0.110. The average Bonchev–Trinajstić information content (AvgIpc) is 3.38. The Morgan fingerprint density at radius 1 is 1.24 bits per heavy atom. The van der Waals surface area contributed by atoms with Gasteiger partial charge in [-0.05, 0) is 34.5 Å². The Balaban J connectivity index is 1.63. The molecular weight excluding hydrogens is 362 g/mol. The Labute approximate surface area is 140 Å². The summed E-state index contributed by atoms with van der Waals surface area (Å²) in [4.78, 5) is 11.0. The van der Waals surface area contributed by atoms with E-state index < -0.39 is 28.1 Å². The van der Waals surface area contributed by atoms with Gasteiger partial charge < -0.3 is 18.8 Å². The monoisotopic (exact) mass is 373 g/mol. The van der Waals surface area contributed by atoms with Gasteiger partial charge in [0.15, 0.2) is 10.1 Å². The fraction of sp³-hybridized carbons (Fsp3) is 0.267. The smallest absolute Gasteiger partial charge is 0.429 e. The number of epoxide rings is 1. The number of halogens is 2. The number of ether oxygens (including phenoxy) is 3. The summed E-state index contributed by atoms with van der Waals surface area (Å²) in [7, 11) is -6.16. The molecule has 0 N–H and O–H groups in total. The molecule has 1 aliphatic rings. The van der Waals surface area contributed by atoms with Crippen LogP contribution in [-0.2, 0) is 24.4 Å². The van der Waals surface area contributed by atoms with Crippen molar-refractivity contribution in [2.24, 2.45) is 0 Å². The number of benzene rings is 2. The fourth-order valence-electron chi connectivity index (χ4n) is 2.11. The third-order valence-corrected chi connectivity index (χ3v) is 4.30. The normalized spacial score (nSPS) is 17.3. The van der Waals surface area contributed by atoms with E-state index in [0.717, 1.165) is 16.3 Å². The van der Waals surface area contributed by atoms with Crippen LogP contribution in [-0.4, -0.2) is 37.6 Å². The van der Waals surface area contributed by atoms with E-state index in [0.29, 0.717) is 6.61 Å². The molecule has 0 aromatic heterocycles. The summed E-state index contributed by atoms with van der Waals surface area (Å²) in [6, 6.07) is 10.5. The highest BCUT2D eigenvalue weighted by molar-refractivity contribution is 7.87. The first-order valence-corrected chi connectivity index (χ1v) is 8.38. The molecule has 134 valence electrons. The van der Waals surface area contributed by atoms with Crippen LogP contribution in [0.1, 0.15) is 11.7 Å². The maximum Gasteiger partial charge on any atom is 0.429 e. The van der Waals surface area contributed by atoms with Crippen molar-refractivity contribution in [1.82, 2.24) is 0 Å². The lowest BCUT2D eigenvalue weighted by Crippen LogP contribution is -2.39. The van der Waals surface area contributed by atoms with Gasteiger partial charge in [0.2, 0.25) is 6.79 Å². The van der Waals surface area contributed by atoms with Gasteiger partial charge in [-0.3, -0.25) is 0 Å². The SMILES string of the molecule is O=C(OCOc1ccc2cc(C3CO3)ccc2c1)C(F)(F)S(=O)(=O)[O-]. The molecule has 1 saturated heterocycles. The number of esters is 1. The molecule has 3 rings (SSSR count). The Kier molecular flexibility index (Phi) is 4.35. The van der Waals surface area contributed by atoms with Crippen molar-refractivity contribution in [3.8, 4) is 5.75 Å². The Bertz CT molecular complexity index is 923. The number of fused-ring (bicyclic) bond motifs is 1. The van der Waals surface area contributed by atoms with Gasteiger partial charge in [0.25, 0.3) is 0 Å². The van der Waals surface area contributed by atoms with Crippen LogP contribution in [0.3, 0.4) is 0 Å². The average molecular weight is 373 g/mol. The molecule has 25 heavy (non-hydrogen) atoms. The molecule has 0 spiro atoms. The lowest BCUT2D eigenvalue weighted by atomic mass is 10.1. The van der Waals surface area contributed by atoms with Gasteiger partial charge in [0.05, 0.1) is 6.61 Å². The molecule has 2 aromatic rings. The van der Waals surface area contributed by atoms with Crippen molar-refractivity contribution in [1.29, 1.82) is 0 Å². The summed E-state index contributed by atoms with van der Waals surface area (Å²) in [6.07, 6.45) is 0.110. The predicted molar refractivity (Wildman–Crippen MR) is 78.9 cm³/mol. The second-order valence-electron chi connectivity index (χ2n) is 5.26. The Morgan fingerprint density at radius 2 is 1.88 bits per heavy atom. The highest BCUT2D eigenvalue weighted by Gasteiger charge is 2.48. The van der Waals surface area contributed by atoms with Crippen molar-refractivity contribution < 1.29 is 40.8 Å². The van der Waals surface area contributed by atoms with Gasteiger partial charge >= 0.3 is 11.2 Å². The highest BCUT2D eigenvalue weighted by atomic mass is 32.2. The molecule has 0 bridgehead atoms. The maximum absolute atomic E-state index is 12.9. The fourth-order valence-corrected chi connectivity index (χ4v) is 2.37. The summed E-state index contributed by atoms with van der Waals surface area (Å²) >= 11 is 0. The van der Waals surface area contributed by atoms with E-state index in [1.807, 2.05) is 18.2 Å². The van der Waals surface area contributed by atoms with E-state index in [4.69, 9.17) is 9.47 Å². The molecule has 0 aliphatic carbocycles. The third kappa shape index (κ3) is 3.70. The standard InChI is InChI=1S/C15H12F2O7S/c16-15(17,25(19,20)21)14(18)24-8-23-12-4-3-9-5-11(13-7-22-13)2-1-10(9)6-12/h1-6,13H,7-8H2,(H,19,20,21)/p-1. The van der Waals surface area contributed by atoms with Crippen LogP contribution >= 0.6 is 0 Å². The van der Waals surface area contributed by atoms with Crippen LogP contribution in [0.4, 0.5) is 8.78 Å². The van der Waals surface area contributed by atoms with Crippen molar-refractivity contribution in [2.75, 3.05) is 13.4 Å². The highest BCUT2D eigenvalue weighted by Crippen LogP contribution is 2.32. The van der Waals surface area contributed by atoms with Crippen molar-refractivity contribution in [3.63, 3.8) is 0 Å². The molecule has 0 amide bonds. The Morgan fingerprint density at radius 3 is 2.52 bits per heavy atom. The summed E-state index contributed by atoms with van der Waals surface area (Å²) in [5.74, 6) is -2.28. The third-order valence-electron chi connectivity index (χ3n) is 3.51. The van der Waals surface area contributed by atoms with E-state index in [1.165, 1.54) is 6.07 Å². The molecule has 1 unspecified atom stereocenters. The van der Waals surface area contributed by atoms with E-state index in [2.05, 4.69) is 4.74 Å². The molecular formula is C15H11F2O7S-. The zero-order valence-electron chi connectivity index (χ0n) is 12.5. The topological polar surface area (TPSA) is 105 Å². The van der Waals surface area contributed by atoms with Gasteiger partial charge in [-0.15, -0.1) is 0 Å². The molecule has 0 saturated carbocycles. The van der Waals surface area contributed by atoms with Gasteiger partial charge in [-0.25, -0.2) is 13.2 Å². The Hall–Kier alpha value is -2.30. The predicted octanol–water partition coefficient (Wildman–Crippen LogP) is 1.93. The van der Waals surface area contributed by atoms with Crippen LogP contribution in [0.2, 0.25) is 0 Å². The van der Waals surface area contributed by atoms with Crippen LogP contribution in [0.15, 0.2) is 36.4 Å². The summed E-state index contributed by atoms with van der Waals surface area (Å²) in [5, 5.41) is -3.47. The zero-order chi connectivity index (χ0) is 18.2. The summed E-state index contributed by atoms with van der Waals surface area (Å²) < 4.78 is 70.9. The zero-order valence-corrected chi connectivity index (χ0v) is 13.3. The van der Waals surface area contributed by atoms with Gasteiger partial charge in [0, 0.05) is 0 Å². The maximum atomic E-state index is 12.9. The second kappa shape index (κ2) is 6.21.